The molecule has 1 aromatic heterocycles. The van der Waals surface area contributed by atoms with Crippen LogP contribution in [0.4, 0.5) is 13.2 Å². The van der Waals surface area contributed by atoms with Crippen molar-refractivity contribution in [2.75, 3.05) is 5.75 Å². The van der Waals surface area contributed by atoms with Gasteiger partial charge in [0.05, 0.1) is 6.42 Å². The molecule has 2 rings (SSSR count). The molecule has 0 saturated carbocycles. The molecular weight excluding hydrogens is 345 g/mol. The van der Waals surface area contributed by atoms with Gasteiger partial charge >= 0.3 is 6.18 Å². The van der Waals surface area contributed by atoms with Gasteiger partial charge in [0.25, 0.3) is 5.22 Å². The normalized spacial score (nSPS) is 11.8. The first-order chi connectivity index (χ1) is 8.94. The fourth-order valence-corrected chi connectivity index (χ4v) is 2.24. The summed E-state index contributed by atoms with van der Waals surface area (Å²) in [4.78, 5) is 0. The largest absolute Gasteiger partial charge is 0.411 e. The van der Waals surface area contributed by atoms with Crippen LogP contribution in [0.5, 0.6) is 0 Å². The lowest BCUT2D eigenvalue weighted by Gasteiger charge is -2.02. The van der Waals surface area contributed by atoms with Gasteiger partial charge in [-0.2, -0.15) is 13.2 Å². The number of nitrogens with zero attached hydrogens (tertiary/aromatic N) is 2. The van der Waals surface area contributed by atoms with Gasteiger partial charge < -0.3 is 4.42 Å². The van der Waals surface area contributed by atoms with E-state index in [1.807, 2.05) is 12.1 Å². The van der Waals surface area contributed by atoms with E-state index in [0.717, 1.165) is 21.8 Å². The predicted octanol–water partition coefficient (Wildman–Crippen LogP) is 4.54. The molecule has 0 fully saturated rings. The molecule has 0 aliphatic carbocycles. The molecule has 8 heteroatoms. The zero-order chi connectivity index (χ0) is 13.9. The van der Waals surface area contributed by atoms with Crippen LogP contribution in [0.2, 0.25) is 0 Å². The van der Waals surface area contributed by atoms with Crippen molar-refractivity contribution in [3.05, 3.63) is 28.7 Å². The number of hydrogen-bond donors (Lipinski definition) is 0. The first-order valence-corrected chi connectivity index (χ1v) is 7.01. The summed E-state index contributed by atoms with van der Waals surface area (Å²) in [6.07, 6.45) is -5.05. The minimum atomic E-state index is -4.17. The Kier molecular flexibility index (Phi) is 4.51. The van der Waals surface area contributed by atoms with Gasteiger partial charge in [-0.25, -0.2) is 0 Å². The van der Waals surface area contributed by atoms with Gasteiger partial charge in [0.15, 0.2) is 0 Å². The van der Waals surface area contributed by atoms with E-state index in [-0.39, 0.29) is 11.0 Å². The maximum Gasteiger partial charge on any atom is 0.389 e. The molecule has 19 heavy (non-hydrogen) atoms. The predicted molar refractivity (Wildman–Crippen MR) is 68.8 cm³/mol. The summed E-state index contributed by atoms with van der Waals surface area (Å²) in [5.41, 5.74) is 0.721. The summed E-state index contributed by atoms with van der Waals surface area (Å²) in [7, 11) is 0. The van der Waals surface area contributed by atoms with E-state index in [0.29, 0.717) is 5.89 Å². The molecule has 1 aromatic carbocycles. The van der Waals surface area contributed by atoms with Gasteiger partial charge in [-0.05, 0) is 24.3 Å². The van der Waals surface area contributed by atoms with Crippen molar-refractivity contribution >= 4 is 27.7 Å². The summed E-state index contributed by atoms with van der Waals surface area (Å²) >= 11 is 4.20. The Morgan fingerprint density at radius 3 is 2.47 bits per heavy atom. The molecule has 0 saturated heterocycles. The zero-order valence-corrected chi connectivity index (χ0v) is 11.8. The van der Waals surface area contributed by atoms with Crippen molar-refractivity contribution in [3.8, 4) is 11.5 Å². The lowest BCUT2D eigenvalue weighted by Crippen LogP contribution is -2.07. The van der Waals surface area contributed by atoms with Crippen LogP contribution < -0.4 is 0 Å². The molecule has 0 unspecified atom stereocenters. The molecule has 0 atom stereocenters. The van der Waals surface area contributed by atoms with Crippen molar-refractivity contribution in [2.45, 2.75) is 17.8 Å². The monoisotopic (exact) mass is 352 g/mol. The molecule has 3 nitrogen and oxygen atoms in total. The van der Waals surface area contributed by atoms with Gasteiger partial charge in [-0.1, -0.05) is 27.7 Å². The van der Waals surface area contributed by atoms with Crippen molar-refractivity contribution in [1.29, 1.82) is 0 Å². The number of halogens is 4. The average Bonchev–Trinajstić information content (AvgIpc) is 2.77. The van der Waals surface area contributed by atoms with Crippen LogP contribution >= 0.6 is 27.7 Å². The van der Waals surface area contributed by atoms with Gasteiger partial charge in [0, 0.05) is 15.8 Å². The summed E-state index contributed by atoms with van der Waals surface area (Å²) in [6, 6.07) is 7.19. The Bertz CT molecular complexity index is 542. The molecule has 2 aromatic rings. The summed E-state index contributed by atoms with van der Waals surface area (Å²) in [6.45, 7) is 0. The highest BCUT2D eigenvalue weighted by Gasteiger charge is 2.26. The van der Waals surface area contributed by atoms with Crippen molar-refractivity contribution in [3.63, 3.8) is 0 Å². The van der Waals surface area contributed by atoms with Gasteiger partial charge in [-0.15, -0.1) is 10.2 Å². The average molecular weight is 353 g/mol. The number of alkyl halides is 3. The quantitative estimate of drug-likeness (QED) is 0.757. The minimum Gasteiger partial charge on any atom is -0.411 e. The molecule has 102 valence electrons. The molecule has 0 radical (unpaired) electrons. The molecular formula is C11H8BrF3N2OS. The van der Waals surface area contributed by atoms with E-state index in [9.17, 15) is 13.2 Å². The second-order valence-electron chi connectivity index (χ2n) is 3.59. The van der Waals surface area contributed by atoms with Crippen LogP contribution in [0.15, 0.2) is 38.4 Å². The smallest absolute Gasteiger partial charge is 0.389 e. The Morgan fingerprint density at radius 2 is 1.84 bits per heavy atom. The van der Waals surface area contributed by atoms with Crippen LogP contribution in [0.1, 0.15) is 6.42 Å². The molecule has 0 bridgehead atoms. The Morgan fingerprint density at radius 1 is 1.16 bits per heavy atom. The third-order valence-electron chi connectivity index (χ3n) is 2.11. The summed E-state index contributed by atoms with van der Waals surface area (Å²) in [5.74, 6) is 0.160. The number of aromatic nitrogens is 2. The molecule has 0 aliphatic heterocycles. The number of thioether (sulfide) groups is 1. The minimum absolute atomic E-state index is 0.133. The number of rotatable bonds is 4. The first kappa shape index (κ1) is 14.4. The molecule has 0 N–H and O–H groups in total. The third-order valence-corrected chi connectivity index (χ3v) is 3.46. The lowest BCUT2D eigenvalue weighted by molar-refractivity contribution is -0.129. The van der Waals surface area contributed by atoms with E-state index < -0.39 is 12.6 Å². The summed E-state index contributed by atoms with van der Waals surface area (Å²) in [5, 5.41) is 7.64. The van der Waals surface area contributed by atoms with Gasteiger partial charge in [0.1, 0.15) is 0 Å². The van der Waals surface area contributed by atoms with Crippen molar-refractivity contribution in [1.82, 2.24) is 10.2 Å². The van der Waals surface area contributed by atoms with Crippen molar-refractivity contribution in [2.24, 2.45) is 0 Å². The fraction of sp³-hybridized carbons (Fsp3) is 0.273. The molecule has 0 aliphatic rings. The van der Waals surface area contributed by atoms with Crippen LogP contribution in [0.25, 0.3) is 11.5 Å². The van der Waals surface area contributed by atoms with Crippen LogP contribution in [-0.2, 0) is 0 Å². The maximum atomic E-state index is 12.0. The second kappa shape index (κ2) is 5.96. The van der Waals surface area contributed by atoms with E-state index in [1.165, 1.54) is 0 Å². The van der Waals surface area contributed by atoms with Crippen LogP contribution in [-0.4, -0.2) is 22.1 Å². The topological polar surface area (TPSA) is 38.9 Å². The van der Waals surface area contributed by atoms with Crippen LogP contribution in [0, 0.1) is 0 Å². The van der Waals surface area contributed by atoms with Gasteiger partial charge in [0.2, 0.25) is 5.89 Å². The first-order valence-electron chi connectivity index (χ1n) is 5.23. The highest BCUT2D eigenvalue weighted by Crippen LogP contribution is 2.27. The number of benzene rings is 1. The Labute approximate surface area is 119 Å². The van der Waals surface area contributed by atoms with E-state index in [2.05, 4.69) is 26.1 Å². The fourth-order valence-electron chi connectivity index (χ4n) is 1.23. The second-order valence-corrected chi connectivity index (χ2v) is 5.56. The maximum absolute atomic E-state index is 12.0. The van der Waals surface area contributed by atoms with E-state index >= 15 is 0 Å². The Balaban J connectivity index is 1.97. The summed E-state index contributed by atoms with van der Waals surface area (Å²) < 4.78 is 42.1. The highest BCUT2D eigenvalue weighted by molar-refractivity contribution is 9.10. The molecule has 0 amide bonds. The highest BCUT2D eigenvalue weighted by atomic mass is 79.9. The SMILES string of the molecule is FC(F)(F)CCSc1nnc(-c2ccc(Br)cc2)o1. The van der Waals surface area contributed by atoms with Crippen molar-refractivity contribution < 1.29 is 17.6 Å². The lowest BCUT2D eigenvalue weighted by atomic mass is 10.2. The zero-order valence-electron chi connectivity index (χ0n) is 9.45. The number of hydrogen-bond acceptors (Lipinski definition) is 4. The van der Waals surface area contributed by atoms with Gasteiger partial charge in [-0.3, -0.25) is 0 Å². The molecule has 1 heterocycles. The third kappa shape index (κ3) is 4.54. The Hall–Kier alpha value is -1.02. The standard InChI is InChI=1S/C11H8BrF3N2OS/c12-8-3-1-7(2-4-8)9-16-17-10(18-9)19-6-5-11(13,14)15/h1-4H,5-6H2. The van der Waals surface area contributed by atoms with E-state index in [4.69, 9.17) is 4.42 Å². The van der Waals surface area contributed by atoms with E-state index in [1.54, 1.807) is 12.1 Å². The molecule has 0 spiro atoms. The van der Waals surface area contributed by atoms with Crippen LogP contribution in [0.3, 0.4) is 0 Å².